The van der Waals surface area contributed by atoms with Gasteiger partial charge in [0.25, 0.3) is 0 Å². The van der Waals surface area contributed by atoms with Crippen LogP contribution >= 0.6 is 12.4 Å². The lowest BCUT2D eigenvalue weighted by Crippen LogP contribution is -2.68. The van der Waals surface area contributed by atoms with Crippen LogP contribution in [-0.4, -0.2) is 47.3 Å². The maximum absolute atomic E-state index is 13.4. The van der Waals surface area contributed by atoms with Crippen LogP contribution in [0, 0.1) is 5.92 Å². The molecule has 1 saturated heterocycles. The molecule has 180 valence electrons. The zero-order valence-electron chi connectivity index (χ0n) is 20.6. The molecule has 2 aliphatic rings. The van der Waals surface area contributed by atoms with Crippen LogP contribution in [0.15, 0.2) is 0 Å². The lowest BCUT2D eigenvalue weighted by Gasteiger charge is -2.48. The van der Waals surface area contributed by atoms with Gasteiger partial charge in [-0.05, 0) is 80.0 Å². The third kappa shape index (κ3) is 6.83. The highest BCUT2D eigenvalue weighted by Crippen LogP contribution is 2.41. The smallest absolute Gasteiger partial charge is 0.403 e. The predicted octanol–water partition coefficient (Wildman–Crippen LogP) is 3.20. The molecule has 2 fully saturated rings. The van der Waals surface area contributed by atoms with E-state index in [1.165, 1.54) is 6.92 Å². The van der Waals surface area contributed by atoms with Gasteiger partial charge < -0.3 is 25.7 Å². The number of hydrogen-bond acceptors (Lipinski definition) is 5. The van der Waals surface area contributed by atoms with Crippen LogP contribution in [0.3, 0.4) is 0 Å². The van der Waals surface area contributed by atoms with Crippen molar-refractivity contribution in [3.05, 3.63) is 0 Å². The highest BCUT2D eigenvalue weighted by Gasteiger charge is 2.52. The van der Waals surface area contributed by atoms with E-state index in [1.54, 1.807) is 0 Å². The summed E-state index contributed by atoms with van der Waals surface area (Å²) in [4.78, 5) is 25.4. The van der Waals surface area contributed by atoms with Crippen LogP contribution in [-0.2, 0) is 18.9 Å². The van der Waals surface area contributed by atoms with Gasteiger partial charge in [-0.15, -0.1) is 12.4 Å². The molecule has 2 amide bonds. The first-order valence-electron chi connectivity index (χ1n) is 11.3. The van der Waals surface area contributed by atoms with Crippen LogP contribution in [0.5, 0.6) is 0 Å². The number of carbonyl (C=O) groups excluding carboxylic acids is 2. The van der Waals surface area contributed by atoms with E-state index in [-0.39, 0.29) is 60.0 Å². The molecule has 31 heavy (non-hydrogen) atoms. The van der Waals surface area contributed by atoms with Crippen molar-refractivity contribution in [2.24, 2.45) is 11.7 Å². The number of amides is 2. The highest BCUT2D eigenvalue weighted by molar-refractivity contribution is 6.45. The molecule has 7 nitrogen and oxygen atoms in total. The Labute approximate surface area is 194 Å². The molecule has 1 saturated carbocycles. The van der Waals surface area contributed by atoms with Crippen molar-refractivity contribution in [2.75, 3.05) is 0 Å². The molecule has 0 aromatic rings. The van der Waals surface area contributed by atoms with E-state index in [0.29, 0.717) is 6.42 Å². The minimum absolute atomic E-state index is 0. The van der Waals surface area contributed by atoms with Crippen LogP contribution < -0.4 is 16.4 Å². The second-order valence-electron chi connectivity index (χ2n) is 11.2. The molecule has 0 radical (unpaired) electrons. The molecule has 9 heteroatoms. The fraction of sp³-hybridized carbons (Fsp3) is 0.909. The molecule has 0 aromatic carbocycles. The zero-order valence-corrected chi connectivity index (χ0v) is 21.4. The monoisotopic (exact) mass is 459 g/mol. The van der Waals surface area contributed by atoms with Gasteiger partial charge in [0.15, 0.2) is 0 Å². The quantitative estimate of drug-likeness (QED) is 0.382. The zero-order chi connectivity index (χ0) is 23.0. The molecule has 2 rings (SSSR count). The van der Waals surface area contributed by atoms with Crippen LogP contribution in [0.4, 0.5) is 0 Å². The summed E-state index contributed by atoms with van der Waals surface area (Å²) in [7, 11) is -0.245. The minimum atomic E-state index is -0.926. The average molecular weight is 460 g/mol. The third-order valence-electron chi connectivity index (χ3n) is 6.73. The van der Waals surface area contributed by atoms with Gasteiger partial charge >= 0.3 is 7.12 Å². The van der Waals surface area contributed by atoms with Crippen molar-refractivity contribution < 1.29 is 18.9 Å². The van der Waals surface area contributed by atoms with E-state index in [9.17, 15) is 9.59 Å². The SMILES string of the molecule is CC(=O)NC(CCCCB1OC(C)(C)C(C)(C)O1)(C(=O)NC(C)(C)C)C1CC(N)C1.Cl. The summed E-state index contributed by atoms with van der Waals surface area (Å²) in [6.45, 7) is 15.5. The summed E-state index contributed by atoms with van der Waals surface area (Å²) in [5.41, 5.74) is 4.05. The number of rotatable bonds is 8. The summed E-state index contributed by atoms with van der Waals surface area (Å²) in [5, 5.41) is 6.11. The van der Waals surface area contributed by atoms with Crippen molar-refractivity contribution in [3.63, 3.8) is 0 Å². The third-order valence-corrected chi connectivity index (χ3v) is 6.73. The standard InChI is InChI=1S/C22H42BN3O4.ClH/c1-15(27)25-22(16-13-17(24)14-16,18(28)26-19(2,3)4)11-9-10-12-23-29-20(5,6)21(7,8)30-23;/h16-17H,9-14,24H2,1-8H3,(H,25,27)(H,26,28);1H. The van der Waals surface area contributed by atoms with Crippen LogP contribution in [0.2, 0.25) is 6.32 Å². The molecule has 1 unspecified atom stereocenters. The van der Waals surface area contributed by atoms with Gasteiger partial charge in [-0.2, -0.15) is 0 Å². The maximum Gasteiger partial charge on any atom is 0.457 e. The molecule has 0 aromatic heterocycles. The highest BCUT2D eigenvalue weighted by atomic mass is 35.5. The van der Waals surface area contributed by atoms with E-state index >= 15 is 0 Å². The molecule has 1 aliphatic carbocycles. The topological polar surface area (TPSA) is 103 Å². The molecular formula is C22H43BClN3O4. The van der Waals surface area contributed by atoms with Gasteiger partial charge in [0.2, 0.25) is 11.8 Å². The number of carbonyl (C=O) groups is 2. The van der Waals surface area contributed by atoms with Crippen molar-refractivity contribution >= 4 is 31.3 Å². The van der Waals surface area contributed by atoms with Crippen molar-refractivity contribution in [1.29, 1.82) is 0 Å². The van der Waals surface area contributed by atoms with Gasteiger partial charge in [0.05, 0.1) is 11.2 Å². The first kappa shape index (κ1) is 28.2. The summed E-state index contributed by atoms with van der Waals surface area (Å²) in [6.07, 6.45) is 4.46. The van der Waals surface area contributed by atoms with Gasteiger partial charge in [0, 0.05) is 18.5 Å². The molecule has 0 bridgehead atoms. The van der Waals surface area contributed by atoms with Crippen molar-refractivity contribution in [1.82, 2.24) is 10.6 Å². The van der Waals surface area contributed by atoms with E-state index in [2.05, 4.69) is 10.6 Å². The van der Waals surface area contributed by atoms with Crippen LogP contribution in [0.25, 0.3) is 0 Å². The fourth-order valence-electron chi connectivity index (χ4n) is 4.35. The Morgan fingerprint density at radius 1 is 1.03 bits per heavy atom. The first-order chi connectivity index (χ1) is 13.6. The van der Waals surface area contributed by atoms with Gasteiger partial charge in [-0.3, -0.25) is 9.59 Å². The second-order valence-corrected chi connectivity index (χ2v) is 11.2. The maximum atomic E-state index is 13.4. The number of hydrogen-bond donors (Lipinski definition) is 3. The second kappa shape index (κ2) is 9.98. The fourth-order valence-corrected chi connectivity index (χ4v) is 4.35. The van der Waals surface area contributed by atoms with Crippen molar-refractivity contribution in [2.45, 2.75) is 122 Å². The van der Waals surface area contributed by atoms with Gasteiger partial charge in [-0.1, -0.05) is 12.8 Å². The Bertz CT molecular complexity index is 631. The lowest BCUT2D eigenvalue weighted by molar-refractivity contribution is -0.139. The summed E-state index contributed by atoms with van der Waals surface area (Å²) >= 11 is 0. The summed E-state index contributed by atoms with van der Waals surface area (Å²) < 4.78 is 12.2. The lowest BCUT2D eigenvalue weighted by atomic mass is 9.65. The Morgan fingerprint density at radius 2 is 1.55 bits per heavy atom. The predicted molar refractivity (Wildman–Crippen MR) is 127 cm³/mol. The van der Waals surface area contributed by atoms with Gasteiger partial charge in [-0.25, -0.2) is 0 Å². The first-order valence-corrected chi connectivity index (χ1v) is 11.3. The number of unbranched alkanes of at least 4 members (excludes halogenated alkanes) is 1. The van der Waals surface area contributed by atoms with E-state index in [4.69, 9.17) is 15.0 Å². The molecule has 1 aliphatic heterocycles. The Morgan fingerprint density at radius 3 is 1.97 bits per heavy atom. The van der Waals surface area contributed by atoms with Crippen LogP contribution in [0.1, 0.15) is 87.5 Å². The van der Waals surface area contributed by atoms with E-state index < -0.39 is 5.54 Å². The Hall–Kier alpha value is -0.825. The van der Waals surface area contributed by atoms with E-state index in [0.717, 1.165) is 32.0 Å². The average Bonchev–Trinajstić information content (AvgIpc) is 2.72. The molecule has 1 heterocycles. The Kier molecular flexibility index (Phi) is 9.08. The molecule has 4 N–H and O–H groups in total. The summed E-state index contributed by atoms with van der Waals surface area (Å²) in [5.74, 6) is -0.251. The molecular weight excluding hydrogens is 417 g/mol. The number of halogens is 1. The number of nitrogens with two attached hydrogens (primary N) is 1. The Balaban J connectivity index is 0.00000480. The van der Waals surface area contributed by atoms with Crippen molar-refractivity contribution in [3.8, 4) is 0 Å². The molecule has 0 spiro atoms. The minimum Gasteiger partial charge on any atom is -0.403 e. The largest absolute Gasteiger partial charge is 0.457 e. The normalized spacial score (nSPS) is 26.3. The number of nitrogens with one attached hydrogen (secondary N) is 2. The molecule has 1 atom stereocenters. The summed E-state index contributed by atoms with van der Waals surface area (Å²) in [6, 6.07) is 0.0929. The van der Waals surface area contributed by atoms with E-state index in [1.807, 2.05) is 48.5 Å². The van der Waals surface area contributed by atoms with Gasteiger partial charge in [0.1, 0.15) is 5.54 Å².